The zero-order valence-electron chi connectivity index (χ0n) is 34.4. The molecule has 3 saturated heterocycles. The summed E-state index contributed by atoms with van der Waals surface area (Å²) in [4.78, 5) is 30.6. The van der Waals surface area contributed by atoms with Gasteiger partial charge in [-0.25, -0.2) is 0 Å². The Labute approximate surface area is 324 Å². The van der Waals surface area contributed by atoms with Crippen LogP contribution in [0.3, 0.4) is 0 Å². The fourth-order valence-corrected chi connectivity index (χ4v) is 10.8. The van der Waals surface area contributed by atoms with E-state index in [4.69, 9.17) is 37.9 Å². The maximum atomic E-state index is 14.7. The molecule has 3 heterocycles. The van der Waals surface area contributed by atoms with Gasteiger partial charge in [-0.15, -0.1) is 0 Å². The van der Waals surface area contributed by atoms with Crippen LogP contribution in [0.5, 0.6) is 0 Å². The van der Waals surface area contributed by atoms with Gasteiger partial charge in [-0.2, -0.15) is 0 Å². The van der Waals surface area contributed by atoms with E-state index < -0.39 is 12.4 Å². The van der Waals surface area contributed by atoms with Gasteiger partial charge in [0.15, 0.2) is 18.4 Å². The predicted octanol–water partition coefficient (Wildman–Crippen LogP) is 6.27. The summed E-state index contributed by atoms with van der Waals surface area (Å²) in [5, 5.41) is 0. The Morgan fingerprint density at radius 3 is 2.28 bits per heavy atom. The zero-order valence-corrected chi connectivity index (χ0v) is 34.4. The van der Waals surface area contributed by atoms with Crippen molar-refractivity contribution in [3.8, 4) is 0 Å². The number of ketones is 1. The number of fused-ring (bicyclic) bond motifs is 5. The number of likely N-dealkylation sites (N-methyl/N-ethyl adjacent to an activating group) is 1. The quantitative estimate of drug-likeness (QED) is 0.176. The lowest BCUT2D eigenvalue weighted by Gasteiger charge is -2.45. The summed E-state index contributed by atoms with van der Waals surface area (Å²) in [7, 11) is 9.21. The number of nitrogens with zero attached hydrogens (tertiary/aromatic N) is 1. The molecule has 6 rings (SSSR count). The van der Waals surface area contributed by atoms with E-state index in [1.165, 1.54) is 0 Å². The van der Waals surface area contributed by atoms with Gasteiger partial charge in [0.2, 0.25) is 0 Å². The van der Waals surface area contributed by atoms with Crippen molar-refractivity contribution in [1.29, 1.82) is 0 Å². The van der Waals surface area contributed by atoms with Gasteiger partial charge in [-0.1, -0.05) is 45.4 Å². The number of Topliss-reactive ketones (excluding diaryl/α,β-unsaturated/α-hetero) is 1. The first-order valence-corrected chi connectivity index (χ1v) is 21.0. The number of hydrogen-bond donors (Lipinski definition) is 0. The van der Waals surface area contributed by atoms with Crippen LogP contribution in [0.2, 0.25) is 0 Å². The SMILES string of the molecule is CCCC1CCCC(OC2CC[C@@H](N(C)C)[C@@H](C)O2)C(C)C(=O)C2=CC3C(C=CC4CC(OC5O[C@@H](CC)C(OC)C(OC)C5OC)CC43)C2CC(=O)O1. The molecule has 0 aromatic carbocycles. The van der Waals surface area contributed by atoms with Gasteiger partial charge in [0.1, 0.15) is 24.4 Å². The van der Waals surface area contributed by atoms with Crippen LogP contribution < -0.4 is 0 Å². The van der Waals surface area contributed by atoms with Crippen LogP contribution >= 0.6 is 0 Å². The van der Waals surface area contributed by atoms with Crippen molar-refractivity contribution in [2.75, 3.05) is 35.4 Å². The van der Waals surface area contributed by atoms with Crippen molar-refractivity contribution in [2.24, 2.45) is 35.5 Å². The van der Waals surface area contributed by atoms with Crippen molar-refractivity contribution < 1.29 is 47.5 Å². The monoisotopic (exact) mass is 759 g/mol. The smallest absolute Gasteiger partial charge is 0.306 e. The molecule has 14 unspecified atom stereocenters. The fourth-order valence-electron chi connectivity index (χ4n) is 10.8. The van der Waals surface area contributed by atoms with Crippen LogP contribution in [0.1, 0.15) is 98.3 Å². The molecule has 0 aromatic rings. The lowest BCUT2D eigenvalue weighted by Crippen LogP contribution is -2.60. The number of allylic oxidation sites excluding steroid dienone is 4. The van der Waals surface area contributed by atoms with Gasteiger partial charge in [0.25, 0.3) is 0 Å². The summed E-state index contributed by atoms with van der Waals surface area (Å²) in [6.07, 6.45) is 12.7. The molecule has 54 heavy (non-hydrogen) atoms. The van der Waals surface area contributed by atoms with E-state index in [1.54, 1.807) is 21.3 Å². The van der Waals surface area contributed by atoms with Crippen LogP contribution in [0.15, 0.2) is 23.8 Å². The van der Waals surface area contributed by atoms with Gasteiger partial charge in [0.05, 0.1) is 30.8 Å². The van der Waals surface area contributed by atoms with Gasteiger partial charge < -0.3 is 42.8 Å². The number of rotatable bonds is 11. The average molecular weight is 760 g/mol. The largest absolute Gasteiger partial charge is 0.462 e. The number of carbonyl (C=O) groups is 2. The second-order valence-corrected chi connectivity index (χ2v) is 17.1. The van der Waals surface area contributed by atoms with Crippen molar-refractivity contribution >= 4 is 11.8 Å². The van der Waals surface area contributed by atoms with E-state index in [1.807, 2.05) is 6.92 Å². The Morgan fingerprint density at radius 1 is 0.852 bits per heavy atom. The summed E-state index contributed by atoms with van der Waals surface area (Å²) >= 11 is 0. The Kier molecular flexibility index (Phi) is 14.5. The fraction of sp³-hybridized carbons (Fsp3) is 0.860. The number of cyclic esters (lactones) is 1. The van der Waals surface area contributed by atoms with E-state index in [0.29, 0.717) is 18.4 Å². The number of esters is 1. The number of hydrogen-bond acceptors (Lipinski definition) is 11. The number of carbonyl (C=O) groups excluding carboxylic acids is 2. The molecule has 4 fully saturated rings. The van der Waals surface area contributed by atoms with Crippen molar-refractivity contribution in [2.45, 2.75) is 166 Å². The first kappa shape index (κ1) is 41.9. The van der Waals surface area contributed by atoms with Crippen molar-refractivity contribution in [3.05, 3.63) is 23.8 Å². The number of methoxy groups -OCH3 is 3. The van der Waals surface area contributed by atoms with Crippen LogP contribution in [-0.2, 0) is 47.5 Å². The normalized spacial score (nSPS) is 44.5. The van der Waals surface area contributed by atoms with Crippen molar-refractivity contribution in [3.63, 3.8) is 0 Å². The van der Waals surface area contributed by atoms with Gasteiger partial charge in [-0.3, -0.25) is 9.59 Å². The van der Waals surface area contributed by atoms with Crippen LogP contribution in [-0.4, -0.2) is 120 Å². The minimum atomic E-state index is -0.590. The molecular weight excluding hydrogens is 690 g/mol. The summed E-state index contributed by atoms with van der Waals surface area (Å²) in [5.74, 6) is 0.0308. The Morgan fingerprint density at radius 2 is 1.61 bits per heavy atom. The second kappa shape index (κ2) is 18.7. The summed E-state index contributed by atoms with van der Waals surface area (Å²) < 4.78 is 50.2. The maximum absolute atomic E-state index is 14.7. The van der Waals surface area contributed by atoms with Crippen LogP contribution in [0.25, 0.3) is 0 Å². The highest BCUT2D eigenvalue weighted by Crippen LogP contribution is 2.54. The standard InChI is InChI=1S/C43H69NO10/c1-10-13-27-14-12-15-36(53-38-19-18-34(44(5)6)25(4)50-38)24(3)39(46)33-22-31-29(32(33)23-37(45)51-27)17-16-26-20-28(21-30(26)31)52-43-42(49-9)41(48-8)40(47-7)35(11-2)54-43/h16-17,22,24-32,34-36,38,40-43H,10-15,18-21,23H2,1-9H3/t24?,25-,26?,27?,28?,29?,30?,31?,32?,34-,35+,36?,38?,40?,41?,42?,43?/m1/s1. The summed E-state index contributed by atoms with van der Waals surface area (Å²) in [6, 6.07) is 0.338. The molecule has 3 aliphatic heterocycles. The Hall–Kier alpha value is -1.70. The average Bonchev–Trinajstić information content (AvgIpc) is 3.73. The molecule has 0 radical (unpaired) electrons. The first-order valence-electron chi connectivity index (χ1n) is 21.0. The molecule has 0 amide bonds. The molecule has 0 spiro atoms. The van der Waals surface area contributed by atoms with Gasteiger partial charge in [-0.05, 0) is 108 Å². The van der Waals surface area contributed by atoms with Gasteiger partial charge >= 0.3 is 5.97 Å². The predicted molar refractivity (Wildman–Crippen MR) is 203 cm³/mol. The first-order chi connectivity index (χ1) is 26.0. The third-order valence-electron chi connectivity index (χ3n) is 13.7. The summed E-state index contributed by atoms with van der Waals surface area (Å²) in [5.41, 5.74) is 0.769. The van der Waals surface area contributed by atoms with Crippen LogP contribution in [0, 0.1) is 35.5 Å². The second-order valence-electron chi connectivity index (χ2n) is 17.1. The number of ether oxygens (including phenoxy) is 8. The molecule has 0 bridgehead atoms. The zero-order chi connectivity index (χ0) is 38.7. The van der Waals surface area contributed by atoms with E-state index >= 15 is 0 Å². The molecule has 306 valence electrons. The lowest BCUT2D eigenvalue weighted by atomic mass is 9.70. The van der Waals surface area contributed by atoms with E-state index in [-0.39, 0.29) is 96.8 Å². The molecule has 0 N–H and O–H groups in total. The highest BCUT2D eigenvalue weighted by atomic mass is 16.7. The third-order valence-corrected chi connectivity index (χ3v) is 13.7. The molecule has 1 saturated carbocycles. The van der Waals surface area contributed by atoms with E-state index in [9.17, 15) is 9.59 Å². The Bertz CT molecular complexity index is 1320. The molecule has 6 aliphatic rings. The molecular formula is C43H69NO10. The maximum Gasteiger partial charge on any atom is 0.306 e. The minimum absolute atomic E-state index is 0.0372. The lowest BCUT2D eigenvalue weighted by molar-refractivity contribution is -0.317. The topological polar surface area (TPSA) is 111 Å². The van der Waals surface area contributed by atoms with E-state index in [2.05, 4.69) is 58.0 Å². The molecule has 0 aromatic heterocycles. The minimum Gasteiger partial charge on any atom is -0.462 e. The van der Waals surface area contributed by atoms with E-state index in [0.717, 1.165) is 63.4 Å². The Balaban J connectivity index is 1.21. The molecule has 3 aliphatic carbocycles. The summed E-state index contributed by atoms with van der Waals surface area (Å²) in [6.45, 7) is 8.35. The molecule has 11 heteroatoms. The van der Waals surface area contributed by atoms with Crippen LogP contribution in [0.4, 0.5) is 0 Å². The van der Waals surface area contributed by atoms with Gasteiger partial charge in [0, 0.05) is 39.2 Å². The molecule has 17 atom stereocenters. The highest BCUT2D eigenvalue weighted by Gasteiger charge is 2.53. The van der Waals surface area contributed by atoms with Crippen molar-refractivity contribution in [1.82, 2.24) is 4.90 Å². The highest BCUT2D eigenvalue weighted by molar-refractivity contribution is 5.99. The molecule has 11 nitrogen and oxygen atoms in total. The third kappa shape index (κ3) is 8.89.